The van der Waals surface area contributed by atoms with Gasteiger partial charge < -0.3 is 5.32 Å². The van der Waals surface area contributed by atoms with Crippen LogP contribution in [0.1, 0.15) is 23.0 Å². The predicted octanol–water partition coefficient (Wildman–Crippen LogP) is 4.28. The van der Waals surface area contributed by atoms with Gasteiger partial charge in [-0.05, 0) is 48.9 Å². The van der Waals surface area contributed by atoms with Gasteiger partial charge in [0.15, 0.2) is 15.7 Å². The van der Waals surface area contributed by atoms with E-state index in [-0.39, 0.29) is 16.6 Å². The molecule has 0 saturated carbocycles. The summed E-state index contributed by atoms with van der Waals surface area (Å²) in [5.41, 5.74) is 1.51. The number of aryl methyl sites for hydroxylation is 1. The van der Waals surface area contributed by atoms with Crippen LogP contribution in [0.2, 0.25) is 0 Å². The Morgan fingerprint density at radius 2 is 1.89 bits per heavy atom. The summed E-state index contributed by atoms with van der Waals surface area (Å²) < 4.78 is 23.8. The van der Waals surface area contributed by atoms with Gasteiger partial charge in [-0.15, -0.1) is 23.1 Å². The minimum atomic E-state index is -3.27. The maximum atomic E-state index is 12.8. The highest BCUT2D eigenvalue weighted by atomic mass is 32.2. The number of carbonyl (C=O) groups is 1. The maximum Gasteiger partial charge on any atom is 0.260 e. The van der Waals surface area contributed by atoms with Crippen LogP contribution in [-0.2, 0) is 9.84 Å². The van der Waals surface area contributed by atoms with Crippen LogP contribution in [0.4, 0.5) is 5.69 Å². The molecule has 6 nitrogen and oxygen atoms in total. The van der Waals surface area contributed by atoms with Gasteiger partial charge in [-0.3, -0.25) is 4.79 Å². The Bertz CT molecular complexity index is 1090. The molecular formula is C19H19N3O3S3. The molecule has 1 N–H and O–H groups in total. The molecule has 3 aromatic rings. The number of rotatable bonds is 6. The quantitative estimate of drug-likeness (QED) is 0.461. The number of amides is 1. The zero-order valence-corrected chi connectivity index (χ0v) is 18.0. The van der Waals surface area contributed by atoms with Gasteiger partial charge in [0.1, 0.15) is 5.03 Å². The van der Waals surface area contributed by atoms with Crippen molar-refractivity contribution in [2.45, 2.75) is 23.8 Å². The van der Waals surface area contributed by atoms with Gasteiger partial charge in [0.25, 0.3) is 5.91 Å². The summed E-state index contributed by atoms with van der Waals surface area (Å²) in [5.74, 6) is 0.302. The number of nitrogens with one attached hydrogen (secondary N) is 1. The molecule has 0 unspecified atom stereocenters. The molecule has 9 heteroatoms. The lowest BCUT2D eigenvalue weighted by Crippen LogP contribution is -2.17. The van der Waals surface area contributed by atoms with Gasteiger partial charge in [-0.25, -0.2) is 18.4 Å². The molecule has 0 aliphatic rings. The van der Waals surface area contributed by atoms with Crippen molar-refractivity contribution >= 4 is 44.5 Å². The summed E-state index contributed by atoms with van der Waals surface area (Å²) in [6.45, 7) is 3.38. The number of nitrogens with zero attached hydrogens (tertiary/aromatic N) is 2. The molecule has 1 aromatic carbocycles. The second-order valence-electron chi connectivity index (χ2n) is 5.88. The number of sulfone groups is 1. The third kappa shape index (κ3) is 4.26. The fourth-order valence-corrected chi connectivity index (χ4v) is 4.74. The Kier molecular flexibility index (Phi) is 6.17. The van der Waals surface area contributed by atoms with Gasteiger partial charge in [-0.1, -0.05) is 13.0 Å². The van der Waals surface area contributed by atoms with E-state index >= 15 is 0 Å². The second-order valence-corrected chi connectivity index (χ2v) is 9.90. The normalized spacial score (nSPS) is 11.4. The van der Waals surface area contributed by atoms with Crippen LogP contribution in [-0.4, -0.2) is 36.3 Å². The van der Waals surface area contributed by atoms with E-state index in [0.717, 1.165) is 4.88 Å². The molecule has 0 fully saturated rings. The summed E-state index contributed by atoms with van der Waals surface area (Å²) in [5, 5.41) is 5.35. The third-order valence-corrected chi connectivity index (χ3v) is 7.37. The van der Waals surface area contributed by atoms with Gasteiger partial charge in [-0.2, -0.15) is 0 Å². The fraction of sp³-hybridized carbons (Fsp3) is 0.211. The number of hydrogen-bond donors (Lipinski definition) is 1. The second kappa shape index (κ2) is 8.42. The third-order valence-electron chi connectivity index (χ3n) is 4.07. The van der Waals surface area contributed by atoms with Crippen LogP contribution < -0.4 is 5.32 Å². The molecule has 0 bridgehead atoms. The molecule has 0 aliphatic heterocycles. The summed E-state index contributed by atoms with van der Waals surface area (Å²) in [7, 11) is -3.27. The highest BCUT2D eigenvalue weighted by Gasteiger charge is 2.20. The number of hydrogen-bond acceptors (Lipinski definition) is 7. The van der Waals surface area contributed by atoms with E-state index in [9.17, 15) is 13.2 Å². The Labute approximate surface area is 172 Å². The fourth-order valence-electron chi connectivity index (χ4n) is 2.58. The van der Waals surface area contributed by atoms with Crippen LogP contribution >= 0.6 is 23.1 Å². The lowest BCUT2D eigenvalue weighted by atomic mass is 10.2. The van der Waals surface area contributed by atoms with Crippen molar-refractivity contribution in [3.63, 3.8) is 0 Å². The van der Waals surface area contributed by atoms with E-state index in [4.69, 9.17) is 0 Å². The topological polar surface area (TPSA) is 89.0 Å². The van der Waals surface area contributed by atoms with E-state index in [1.165, 1.54) is 23.9 Å². The SMILES string of the molecule is CCS(=O)(=O)c1ccc(NC(=O)c2c(C)nc(-c3cccs3)nc2SC)cc1. The van der Waals surface area contributed by atoms with Crippen molar-refractivity contribution in [3.05, 3.63) is 53.0 Å². The number of benzene rings is 1. The summed E-state index contributed by atoms with van der Waals surface area (Å²) in [6, 6.07) is 10.0. The zero-order valence-electron chi connectivity index (χ0n) is 15.6. The average molecular weight is 434 g/mol. The van der Waals surface area contributed by atoms with Crippen LogP contribution in [0.15, 0.2) is 51.7 Å². The molecule has 0 spiro atoms. The smallest absolute Gasteiger partial charge is 0.260 e. The molecule has 28 heavy (non-hydrogen) atoms. The van der Waals surface area contributed by atoms with Gasteiger partial charge in [0, 0.05) is 5.69 Å². The first kappa shape index (κ1) is 20.5. The molecular weight excluding hydrogens is 414 g/mol. The Morgan fingerprint density at radius 3 is 2.46 bits per heavy atom. The Morgan fingerprint density at radius 1 is 1.18 bits per heavy atom. The van der Waals surface area contributed by atoms with E-state index in [0.29, 0.717) is 27.8 Å². The first-order valence-electron chi connectivity index (χ1n) is 8.46. The van der Waals surface area contributed by atoms with Gasteiger partial charge in [0.2, 0.25) is 0 Å². The Balaban J connectivity index is 1.88. The first-order chi connectivity index (χ1) is 13.4. The largest absolute Gasteiger partial charge is 0.322 e. The molecule has 0 radical (unpaired) electrons. The van der Waals surface area contributed by atoms with Crippen LogP contribution in [0.5, 0.6) is 0 Å². The number of aromatic nitrogens is 2. The van der Waals surface area contributed by atoms with Crippen molar-refractivity contribution in [1.82, 2.24) is 9.97 Å². The van der Waals surface area contributed by atoms with Crippen LogP contribution in [0.3, 0.4) is 0 Å². The highest BCUT2D eigenvalue weighted by Crippen LogP contribution is 2.28. The molecule has 2 heterocycles. The summed E-state index contributed by atoms with van der Waals surface area (Å²) in [4.78, 5) is 23.0. The highest BCUT2D eigenvalue weighted by molar-refractivity contribution is 7.98. The standard InChI is InChI=1S/C19H19N3O3S3/c1-4-28(24,25)14-9-7-13(8-10-14)21-18(23)16-12(2)20-17(22-19(16)26-3)15-6-5-11-27-15/h5-11H,4H2,1-3H3,(H,21,23). The number of anilines is 1. The van der Waals surface area contributed by atoms with E-state index < -0.39 is 9.84 Å². The number of thiophene rings is 1. The van der Waals surface area contributed by atoms with Gasteiger partial charge >= 0.3 is 0 Å². The van der Waals surface area contributed by atoms with Crippen molar-refractivity contribution in [2.24, 2.45) is 0 Å². The van der Waals surface area contributed by atoms with Gasteiger partial charge in [0.05, 0.1) is 26.8 Å². The minimum absolute atomic E-state index is 0.0307. The van der Waals surface area contributed by atoms with Crippen molar-refractivity contribution < 1.29 is 13.2 Å². The molecule has 1 amide bonds. The number of thioether (sulfide) groups is 1. The molecule has 0 saturated heterocycles. The van der Waals surface area contributed by atoms with Crippen LogP contribution in [0.25, 0.3) is 10.7 Å². The van der Waals surface area contributed by atoms with E-state index in [2.05, 4.69) is 15.3 Å². The lowest BCUT2D eigenvalue weighted by molar-refractivity contribution is 0.102. The number of carbonyl (C=O) groups excluding carboxylic acids is 1. The van der Waals surface area contributed by atoms with Crippen LogP contribution in [0, 0.1) is 6.92 Å². The molecule has 0 atom stereocenters. The predicted molar refractivity (Wildman–Crippen MR) is 114 cm³/mol. The Hall–Kier alpha value is -2.23. The lowest BCUT2D eigenvalue weighted by Gasteiger charge is -2.12. The minimum Gasteiger partial charge on any atom is -0.322 e. The molecule has 146 valence electrons. The maximum absolute atomic E-state index is 12.8. The van der Waals surface area contributed by atoms with Crippen molar-refractivity contribution in [2.75, 3.05) is 17.3 Å². The summed E-state index contributed by atoms with van der Waals surface area (Å²) in [6.07, 6.45) is 1.86. The monoisotopic (exact) mass is 433 g/mol. The van der Waals surface area contributed by atoms with Crippen molar-refractivity contribution in [3.8, 4) is 10.7 Å². The molecule has 3 rings (SSSR count). The average Bonchev–Trinajstić information content (AvgIpc) is 3.22. The summed E-state index contributed by atoms with van der Waals surface area (Å²) >= 11 is 2.92. The van der Waals surface area contributed by atoms with Crippen molar-refractivity contribution in [1.29, 1.82) is 0 Å². The van der Waals surface area contributed by atoms with E-state index in [1.807, 2.05) is 23.8 Å². The molecule has 2 aromatic heterocycles. The first-order valence-corrected chi connectivity index (χ1v) is 12.2. The van der Waals surface area contributed by atoms with E-state index in [1.54, 1.807) is 37.3 Å². The zero-order chi connectivity index (χ0) is 20.3. The molecule has 0 aliphatic carbocycles.